The summed E-state index contributed by atoms with van der Waals surface area (Å²) in [5.74, 6) is -1.81. The number of hydrogen-bond donors (Lipinski definition) is 1. The summed E-state index contributed by atoms with van der Waals surface area (Å²) in [6.07, 6.45) is 11.0. The van der Waals surface area contributed by atoms with Crippen LogP contribution in [0.3, 0.4) is 0 Å². The lowest BCUT2D eigenvalue weighted by Gasteiger charge is -2.27. The zero-order chi connectivity index (χ0) is 29.5. The highest BCUT2D eigenvalue weighted by Gasteiger charge is 2.23. The molecule has 8 heteroatoms. The molecule has 0 heterocycles. The summed E-state index contributed by atoms with van der Waals surface area (Å²) >= 11 is 0. The van der Waals surface area contributed by atoms with E-state index in [9.17, 15) is 19.2 Å². The van der Waals surface area contributed by atoms with Crippen molar-refractivity contribution in [3.05, 3.63) is 35.4 Å². The number of carboxylic acids is 1. The van der Waals surface area contributed by atoms with E-state index in [1.54, 1.807) is 38.1 Å². The maximum Gasteiger partial charge on any atom is 0.338 e. The predicted molar refractivity (Wildman–Crippen MR) is 152 cm³/mol. The van der Waals surface area contributed by atoms with E-state index in [-0.39, 0.29) is 42.1 Å². The van der Waals surface area contributed by atoms with Crippen LogP contribution in [0.25, 0.3) is 0 Å². The number of carboxylic acid groups (broad SMARTS) is 1. The van der Waals surface area contributed by atoms with Gasteiger partial charge in [0.15, 0.2) is 0 Å². The number of ether oxygens (including phenoxy) is 3. The van der Waals surface area contributed by atoms with Gasteiger partial charge in [0.1, 0.15) is 0 Å². The van der Waals surface area contributed by atoms with Crippen molar-refractivity contribution in [1.82, 2.24) is 0 Å². The molecule has 8 nitrogen and oxygen atoms in total. The van der Waals surface area contributed by atoms with Crippen molar-refractivity contribution in [3.8, 4) is 0 Å². The number of aliphatic carboxylic acids is 1. The topological polar surface area (TPSA) is 116 Å². The average Bonchev–Trinajstić information content (AvgIpc) is 2.92. The van der Waals surface area contributed by atoms with Gasteiger partial charge < -0.3 is 19.3 Å². The van der Waals surface area contributed by atoms with Gasteiger partial charge in [-0.2, -0.15) is 0 Å². The highest BCUT2D eigenvalue weighted by molar-refractivity contribution is 6.03. The van der Waals surface area contributed by atoms with Gasteiger partial charge in [0.05, 0.1) is 30.9 Å². The van der Waals surface area contributed by atoms with E-state index >= 15 is 0 Å². The summed E-state index contributed by atoms with van der Waals surface area (Å²) in [6, 6.07) is 6.44. The van der Waals surface area contributed by atoms with Gasteiger partial charge in [-0.25, -0.2) is 9.59 Å². The molecule has 1 atom stereocenters. The van der Waals surface area contributed by atoms with Crippen molar-refractivity contribution in [2.24, 2.45) is 5.41 Å². The molecule has 0 radical (unpaired) electrons. The molecule has 0 spiro atoms. The third-order valence-corrected chi connectivity index (χ3v) is 6.51. The summed E-state index contributed by atoms with van der Waals surface area (Å²) in [7, 11) is 0. The first-order valence-corrected chi connectivity index (χ1v) is 14.4. The lowest BCUT2D eigenvalue weighted by atomic mass is 9.83. The number of hydrogen-bond acceptors (Lipinski definition) is 7. The van der Waals surface area contributed by atoms with Gasteiger partial charge in [0.25, 0.3) is 0 Å². The second-order valence-electron chi connectivity index (χ2n) is 9.93. The molecule has 222 valence electrons. The van der Waals surface area contributed by atoms with Crippen LogP contribution >= 0.6 is 0 Å². The normalized spacial score (nSPS) is 11.9. The second-order valence-corrected chi connectivity index (χ2v) is 9.93. The van der Waals surface area contributed by atoms with Crippen molar-refractivity contribution in [1.29, 1.82) is 0 Å². The van der Waals surface area contributed by atoms with Crippen molar-refractivity contribution >= 4 is 23.9 Å². The summed E-state index contributed by atoms with van der Waals surface area (Å²) < 4.78 is 15.2. The van der Waals surface area contributed by atoms with Crippen LogP contribution in [0.5, 0.6) is 0 Å². The van der Waals surface area contributed by atoms with E-state index in [4.69, 9.17) is 19.3 Å². The second kappa shape index (κ2) is 22.0. The summed E-state index contributed by atoms with van der Waals surface area (Å²) in [4.78, 5) is 45.3. The number of benzene rings is 1. The highest BCUT2D eigenvalue weighted by Crippen LogP contribution is 2.28. The fraction of sp³-hybridized carbons (Fsp3) is 0.677. The molecule has 1 N–H and O–H groups in total. The van der Waals surface area contributed by atoms with Crippen LogP contribution in [-0.2, 0) is 23.8 Å². The molecule has 1 rings (SSSR count). The molecule has 39 heavy (non-hydrogen) atoms. The minimum absolute atomic E-state index is 0.0768. The molecule has 0 aliphatic carbocycles. The molecule has 0 aromatic heterocycles. The molecule has 0 aliphatic rings. The smallest absolute Gasteiger partial charge is 0.338 e. The molecule has 1 aromatic carbocycles. The number of unbranched alkanes of at least 4 members (excludes halogenated alkanes) is 6. The van der Waals surface area contributed by atoms with E-state index in [0.717, 1.165) is 51.4 Å². The largest absolute Gasteiger partial charge is 0.481 e. The molecule has 1 unspecified atom stereocenters. The van der Waals surface area contributed by atoms with Crippen LogP contribution in [0, 0.1) is 5.41 Å². The van der Waals surface area contributed by atoms with E-state index in [0.29, 0.717) is 13.0 Å². The standard InChI is InChI=1S/C19H36O4.C12H14O4/c1-4-6-15-19(3,5-2)16-23-18(22)14-12-10-8-7-9-11-13-17(20)21;1-3-15-11(13)9-7-5-6-8-10(9)12(14)16-4-2/h4-16H2,1-3H3,(H,20,21);5-8H,3-4H2,1-2H3. The SMILES string of the molecule is CCCCC(C)(CC)COC(=O)CCCCCCCCC(=O)O.CCOC(=O)c1ccccc1C(=O)OCC. The quantitative estimate of drug-likeness (QED) is 0.108. The summed E-state index contributed by atoms with van der Waals surface area (Å²) in [5, 5.41) is 8.54. The van der Waals surface area contributed by atoms with Crippen LogP contribution < -0.4 is 0 Å². The zero-order valence-electron chi connectivity index (χ0n) is 24.7. The van der Waals surface area contributed by atoms with Gasteiger partial charge >= 0.3 is 23.9 Å². The molecule has 0 fully saturated rings. The lowest BCUT2D eigenvalue weighted by molar-refractivity contribution is -0.147. The summed E-state index contributed by atoms with van der Waals surface area (Å²) in [5.41, 5.74) is 0.598. The van der Waals surface area contributed by atoms with Gasteiger partial charge in [-0.1, -0.05) is 71.4 Å². The Kier molecular flexibility index (Phi) is 20.3. The number of carbonyl (C=O) groups excluding carboxylic acids is 3. The van der Waals surface area contributed by atoms with Crippen LogP contribution in [0.1, 0.15) is 132 Å². The molecule has 0 bridgehead atoms. The Balaban J connectivity index is 0.000000787. The molecule has 0 saturated heterocycles. The molecular formula is C31H50O8. The van der Waals surface area contributed by atoms with Crippen molar-refractivity contribution in [2.75, 3.05) is 19.8 Å². The van der Waals surface area contributed by atoms with Crippen molar-refractivity contribution in [3.63, 3.8) is 0 Å². The highest BCUT2D eigenvalue weighted by atomic mass is 16.5. The average molecular weight is 551 g/mol. The van der Waals surface area contributed by atoms with Gasteiger partial charge in [-0.15, -0.1) is 0 Å². The Morgan fingerprint density at radius 2 is 1.21 bits per heavy atom. The first kappa shape index (κ1) is 36.1. The van der Waals surface area contributed by atoms with Crippen LogP contribution in [-0.4, -0.2) is 48.8 Å². The van der Waals surface area contributed by atoms with Gasteiger partial charge in [0, 0.05) is 18.3 Å². The monoisotopic (exact) mass is 550 g/mol. The molecular weight excluding hydrogens is 500 g/mol. The Bertz CT molecular complexity index is 814. The Labute approximate surface area is 234 Å². The maximum absolute atomic E-state index is 11.8. The fourth-order valence-electron chi connectivity index (χ4n) is 3.79. The Morgan fingerprint density at radius 1 is 0.718 bits per heavy atom. The molecule has 1 aromatic rings. The van der Waals surface area contributed by atoms with E-state index < -0.39 is 17.9 Å². The number of esters is 3. The minimum atomic E-state index is -0.717. The van der Waals surface area contributed by atoms with Gasteiger partial charge in [-0.05, 0) is 51.7 Å². The Morgan fingerprint density at radius 3 is 1.64 bits per heavy atom. The minimum Gasteiger partial charge on any atom is -0.481 e. The first-order valence-electron chi connectivity index (χ1n) is 14.4. The third kappa shape index (κ3) is 17.3. The van der Waals surface area contributed by atoms with Crippen molar-refractivity contribution < 1.29 is 38.5 Å². The first-order chi connectivity index (χ1) is 18.6. The molecule has 0 saturated carbocycles. The van der Waals surface area contributed by atoms with Crippen LogP contribution in [0.2, 0.25) is 0 Å². The van der Waals surface area contributed by atoms with Gasteiger partial charge in [0.2, 0.25) is 0 Å². The maximum atomic E-state index is 11.8. The number of carbonyl (C=O) groups is 4. The Hall–Kier alpha value is -2.90. The zero-order valence-corrected chi connectivity index (χ0v) is 24.7. The summed E-state index contributed by atoms with van der Waals surface area (Å²) in [6.45, 7) is 11.1. The van der Waals surface area contributed by atoms with E-state index in [1.165, 1.54) is 12.8 Å². The molecule has 0 aliphatic heterocycles. The predicted octanol–water partition coefficient (Wildman–Crippen LogP) is 7.38. The molecule has 0 amide bonds. The van der Waals surface area contributed by atoms with E-state index in [2.05, 4.69) is 20.8 Å². The van der Waals surface area contributed by atoms with E-state index in [1.807, 2.05) is 0 Å². The fourth-order valence-corrected chi connectivity index (χ4v) is 3.79. The van der Waals surface area contributed by atoms with Crippen molar-refractivity contribution in [2.45, 2.75) is 112 Å². The van der Waals surface area contributed by atoms with Crippen LogP contribution in [0.4, 0.5) is 0 Å². The lowest BCUT2D eigenvalue weighted by Crippen LogP contribution is -2.24. The number of rotatable bonds is 19. The third-order valence-electron chi connectivity index (χ3n) is 6.51. The van der Waals surface area contributed by atoms with Gasteiger partial charge in [-0.3, -0.25) is 9.59 Å². The van der Waals surface area contributed by atoms with Crippen LogP contribution in [0.15, 0.2) is 24.3 Å².